The zero-order valence-electron chi connectivity index (χ0n) is 12.3. The van der Waals surface area contributed by atoms with E-state index in [-0.39, 0.29) is 5.57 Å². The zero-order valence-corrected chi connectivity index (χ0v) is 13.2. The van der Waals surface area contributed by atoms with Crippen molar-refractivity contribution in [1.82, 2.24) is 0 Å². The molecule has 0 bridgehead atoms. The van der Waals surface area contributed by atoms with Gasteiger partial charge in [0.2, 0.25) is 0 Å². The minimum atomic E-state index is -4.43. The molecule has 0 spiro atoms. The van der Waals surface area contributed by atoms with Crippen molar-refractivity contribution in [3.63, 3.8) is 0 Å². The molecule has 0 rings (SSSR count). The third kappa shape index (κ3) is 5.07. The summed E-state index contributed by atoms with van der Waals surface area (Å²) in [5, 5.41) is -1.65. The Morgan fingerprint density at radius 1 is 1.26 bits per heavy atom. The maximum Gasteiger partial charge on any atom is 0.356 e. The Morgan fingerprint density at radius 3 is 2.00 bits per heavy atom. The van der Waals surface area contributed by atoms with Gasteiger partial charge in [-0.25, -0.2) is 4.79 Å². The lowest BCUT2D eigenvalue weighted by atomic mass is 10.0. The maximum absolute atomic E-state index is 11.5. The van der Waals surface area contributed by atoms with Gasteiger partial charge in [0.25, 0.3) is 0 Å². The average molecular weight is 294 g/mol. The summed E-state index contributed by atoms with van der Waals surface area (Å²) in [5.74, 6) is -0.575. The highest BCUT2D eigenvalue weighted by molar-refractivity contribution is 7.53. The van der Waals surface area contributed by atoms with Crippen molar-refractivity contribution in [2.45, 2.75) is 58.6 Å². The second-order valence-electron chi connectivity index (χ2n) is 5.52. The van der Waals surface area contributed by atoms with E-state index in [0.717, 1.165) is 0 Å². The van der Waals surface area contributed by atoms with Crippen molar-refractivity contribution in [1.29, 1.82) is 0 Å². The summed E-state index contributed by atoms with van der Waals surface area (Å²) >= 11 is 0. The van der Waals surface area contributed by atoms with Crippen LogP contribution < -0.4 is 0 Å². The molecule has 0 aromatic carbocycles. The fraction of sp³-hybridized carbons (Fsp3) is 0.750. The highest BCUT2D eigenvalue weighted by Gasteiger charge is 2.44. The largest absolute Gasteiger partial charge is 0.454 e. The fourth-order valence-corrected chi connectivity index (χ4v) is 1.35. The molecule has 0 aliphatic carbocycles. The standard InChI is InChI=1S/C12H23O6P/c1-8(2)10(13)18-11(4,5)9(3)17-12(6,7)19(14,15)16/h9H,1H2,2-7H3,(H2,14,15,16)/t9-/m1/s1. The van der Waals surface area contributed by atoms with Gasteiger partial charge in [0.05, 0.1) is 6.10 Å². The molecule has 0 aromatic heterocycles. The lowest BCUT2D eigenvalue weighted by Crippen LogP contribution is -2.45. The highest BCUT2D eigenvalue weighted by atomic mass is 31.2. The summed E-state index contributed by atoms with van der Waals surface area (Å²) in [6, 6.07) is 0. The molecule has 0 amide bonds. The quantitative estimate of drug-likeness (QED) is 0.443. The Balaban J connectivity index is 4.92. The number of rotatable bonds is 6. The van der Waals surface area contributed by atoms with Crippen LogP contribution in [0.25, 0.3) is 0 Å². The van der Waals surface area contributed by atoms with Crippen LogP contribution >= 0.6 is 7.60 Å². The second-order valence-corrected chi connectivity index (χ2v) is 7.69. The zero-order chi connectivity index (χ0) is 15.6. The topological polar surface area (TPSA) is 93.1 Å². The maximum atomic E-state index is 11.5. The van der Waals surface area contributed by atoms with E-state index in [0.29, 0.717) is 0 Å². The number of esters is 1. The molecule has 0 radical (unpaired) electrons. The summed E-state index contributed by atoms with van der Waals surface area (Å²) in [5.41, 5.74) is -0.794. The van der Waals surface area contributed by atoms with Crippen LogP contribution in [-0.4, -0.2) is 32.8 Å². The van der Waals surface area contributed by atoms with Gasteiger partial charge in [-0.3, -0.25) is 4.57 Å². The van der Waals surface area contributed by atoms with Gasteiger partial charge in [-0.15, -0.1) is 0 Å². The summed E-state index contributed by atoms with van der Waals surface area (Å²) in [6.07, 6.45) is -0.710. The molecule has 0 aromatic rings. The number of hydrogen-bond acceptors (Lipinski definition) is 4. The van der Waals surface area contributed by atoms with Gasteiger partial charge < -0.3 is 19.3 Å². The lowest BCUT2D eigenvalue weighted by molar-refractivity contribution is -0.174. The van der Waals surface area contributed by atoms with Crippen LogP contribution in [-0.2, 0) is 18.8 Å². The van der Waals surface area contributed by atoms with Crippen LogP contribution in [0.3, 0.4) is 0 Å². The van der Waals surface area contributed by atoms with Crippen molar-refractivity contribution in [3.8, 4) is 0 Å². The smallest absolute Gasteiger partial charge is 0.356 e. The minimum absolute atomic E-state index is 0.245. The Hall–Kier alpha value is -0.680. The van der Waals surface area contributed by atoms with E-state index >= 15 is 0 Å². The SMILES string of the molecule is C=C(C)C(=O)OC(C)(C)[C@@H](C)OC(C)(C)P(=O)(O)O. The monoisotopic (exact) mass is 294 g/mol. The summed E-state index contributed by atoms with van der Waals surface area (Å²) < 4.78 is 21.9. The van der Waals surface area contributed by atoms with Crippen LogP contribution in [0, 0.1) is 0 Å². The predicted molar refractivity (Wildman–Crippen MR) is 71.7 cm³/mol. The second kappa shape index (κ2) is 5.75. The Labute approximate surface area is 114 Å². The van der Waals surface area contributed by atoms with Gasteiger partial charge >= 0.3 is 13.6 Å². The first-order chi connectivity index (χ1) is 8.21. The number of carbonyl (C=O) groups excluding carboxylic acids is 1. The van der Waals surface area contributed by atoms with E-state index in [1.54, 1.807) is 20.8 Å². The fourth-order valence-electron chi connectivity index (χ4n) is 1.05. The van der Waals surface area contributed by atoms with Crippen molar-refractivity contribution >= 4 is 13.6 Å². The summed E-state index contributed by atoms with van der Waals surface area (Å²) in [6.45, 7) is 12.4. The average Bonchev–Trinajstić information content (AvgIpc) is 2.13. The van der Waals surface area contributed by atoms with Crippen LogP contribution in [0.2, 0.25) is 0 Å². The van der Waals surface area contributed by atoms with Gasteiger partial charge in [0, 0.05) is 5.57 Å². The van der Waals surface area contributed by atoms with E-state index in [2.05, 4.69) is 6.58 Å². The number of carbonyl (C=O) groups is 1. The molecular formula is C12H23O6P. The normalized spacial score (nSPS) is 14.9. The molecule has 0 unspecified atom stereocenters. The van der Waals surface area contributed by atoms with Crippen LogP contribution in [0.1, 0.15) is 41.5 Å². The number of ether oxygens (including phenoxy) is 2. The molecular weight excluding hydrogens is 271 g/mol. The van der Waals surface area contributed by atoms with Gasteiger partial charge in [0.1, 0.15) is 5.60 Å². The van der Waals surface area contributed by atoms with E-state index in [4.69, 9.17) is 9.47 Å². The van der Waals surface area contributed by atoms with E-state index in [1.807, 2.05) is 0 Å². The van der Waals surface area contributed by atoms with E-state index in [1.165, 1.54) is 20.8 Å². The van der Waals surface area contributed by atoms with Crippen LogP contribution in [0.15, 0.2) is 12.2 Å². The molecule has 1 atom stereocenters. The van der Waals surface area contributed by atoms with Crippen molar-refractivity contribution in [3.05, 3.63) is 12.2 Å². The van der Waals surface area contributed by atoms with Crippen molar-refractivity contribution < 1.29 is 28.6 Å². The molecule has 0 saturated carbocycles. The van der Waals surface area contributed by atoms with Crippen molar-refractivity contribution in [2.75, 3.05) is 0 Å². The van der Waals surface area contributed by atoms with E-state index < -0.39 is 30.6 Å². The van der Waals surface area contributed by atoms with Gasteiger partial charge in [0.15, 0.2) is 5.34 Å². The lowest BCUT2D eigenvalue weighted by Gasteiger charge is -2.37. The Morgan fingerprint density at radius 2 is 1.68 bits per heavy atom. The molecule has 2 N–H and O–H groups in total. The minimum Gasteiger partial charge on any atom is -0.454 e. The molecule has 6 nitrogen and oxygen atoms in total. The van der Waals surface area contributed by atoms with Crippen molar-refractivity contribution in [2.24, 2.45) is 0 Å². The molecule has 0 aliphatic heterocycles. The van der Waals surface area contributed by atoms with Crippen LogP contribution in [0.5, 0.6) is 0 Å². The molecule has 19 heavy (non-hydrogen) atoms. The molecule has 0 heterocycles. The first-order valence-electron chi connectivity index (χ1n) is 5.83. The highest BCUT2D eigenvalue weighted by Crippen LogP contribution is 2.51. The third-order valence-electron chi connectivity index (χ3n) is 2.85. The first-order valence-corrected chi connectivity index (χ1v) is 7.44. The molecule has 7 heteroatoms. The van der Waals surface area contributed by atoms with E-state index in [9.17, 15) is 19.1 Å². The third-order valence-corrected chi connectivity index (χ3v) is 4.36. The first kappa shape index (κ1) is 18.3. The summed E-state index contributed by atoms with van der Waals surface area (Å²) in [4.78, 5) is 29.9. The molecule has 112 valence electrons. The Kier molecular flexibility index (Phi) is 5.55. The summed E-state index contributed by atoms with van der Waals surface area (Å²) in [7, 11) is -4.43. The van der Waals surface area contributed by atoms with Gasteiger partial charge in [-0.2, -0.15) is 0 Å². The number of hydrogen-bond donors (Lipinski definition) is 2. The predicted octanol–water partition coefficient (Wildman–Crippen LogP) is 2.20. The Bertz CT molecular complexity index is 406. The van der Waals surface area contributed by atoms with Gasteiger partial charge in [-0.05, 0) is 41.5 Å². The molecule has 0 fully saturated rings. The van der Waals surface area contributed by atoms with Crippen LogP contribution in [0.4, 0.5) is 0 Å². The molecule has 0 saturated heterocycles. The molecule has 0 aliphatic rings. The van der Waals surface area contributed by atoms with Gasteiger partial charge in [-0.1, -0.05) is 6.58 Å².